The Morgan fingerprint density at radius 3 is 2.38 bits per heavy atom. The van der Waals surface area contributed by atoms with Gasteiger partial charge in [-0.15, -0.1) is 24.8 Å². The Balaban J connectivity index is 0.00000200. The summed E-state index contributed by atoms with van der Waals surface area (Å²) >= 11 is 0. The molecular formula is C15H31Cl2N3O. The molecule has 0 spiro atoms. The molecule has 126 valence electrons. The van der Waals surface area contributed by atoms with Gasteiger partial charge in [0.25, 0.3) is 0 Å². The minimum absolute atomic E-state index is 0. The fraction of sp³-hybridized carbons (Fsp3) is 0.933. The molecular weight excluding hydrogens is 309 g/mol. The van der Waals surface area contributed by atoms with Crippen LogP contribution >= 0.6 is 24.8 Å². The number of likely N-dealkylation sites (tertiary alicyclic amines) is 1. The average Bonchev–Trinajstić information content (AvgIpc) is 2.69. The summed E-state index contributed by atoms with van der Waals surface area (Å²) in [4.78, 5) is 14.8. The molecule has 6 heteroatoms. The van der Waals surface area contributed by atoms with Crippen LogP contribution in [-0.4, -0.2) is 49.1 Å². The zero-order valence-electron chi connectivity index (χ0n) is 13.3. The van der Waals surface area contributed by atoms with E-state index in [0.717, 1.165) is 32.6 Å². The monoisotopic (exact) mass is 339 g/mol. The maximum absolute atomic E-state index is 12.4. The Hall–Kier alpha value is -0.0300. The number of piperidine rings is 1. The van der Waals surface area contributed by atoms with E-state index in [-0.39, 0.29) is 36.8 Å². The first-order valence-corrected chi connectivity index (χ1v) is 7.93. The number of carbonyl (C=O) groups excluding carboxylic acids is 1. The number of nitrogens with one attached hydrogen (secondary N) is 2. The Kier molecular flexibility index (Phi) is 10.6. The van der Waals surface area contributed by atoms with Gasteiger partial charge in [0, 0.05) is 6.04 Å². The van der Waals surface area contributed by atoms with E-state index in [1.54, 1.807) is 0 Å². The largest absolute Gasteiger partial charge is 0.352 e. The van der Waals surface area contributed by atoms with E-state index in [9.17, 15) is 4.79 Å². The van der Waals surface area contributed by atoms with E-state index in [1.165, 1.54) is 25.7 Å². The van der Waals surface area contributed by atoms with Crippen molar-refractivity contribution < 1.29 is 4.79 Å². The Morgan fingerprint density at radius 2 is 1.81 bits per heavy atom. The summed E-state index contributed by atoms with van der Waals surface area (Å²) in [6.45, 7) is 8.48. The molecule has 0 aromatic rings. The highest BCUT2D eigenvalue weighted by molar-refractivity contribution is 5.85. The van der Waals surface area contributed by atoms with Gasteiger partial charge in [0.2, 0.25) is 5.91 Å². The van der Waals surface area contributed by atoms with Crippen LogP contribution in [0.3, 0.4) is 0 Å². The molecule has 3 unspecified atom stereocenters. The third-order valence-corrected chi connectivity index (χ3v) is 4.68. The van der Waals surface area contributed by atoms with Gasteiger partial charge in [-0.05, 0) is 58.3 Å². The molecule has 0 saturated carbocycles. The van der Waals surface area contributed by atoms with Crippen molar-refractivity contribution in [3.8, 4) is 0 Å². The number of nitrogens with zero attached hydrogens (tertiary/aromatic N) is 1. The van der Waals surface area contributed by atoms with E-state index >= 15 is 0 Å². The predicted molar refractivity (Wildman–Crippen MR) is 92.6 cm³/mol. The smallest absolute Gasteiger partial charge is 0.237 e. The molecule has 21 heavy (non-hydrogen) atoms. The third kappa shape index (κ3) is 6.31. The molecule has 2 heterocycles. The zero-order valence-corrected chi connectivity index (χ0v) is 14.9. The Bertz CT molecular complexity index is 297. The molecule has 2 fully saturated rings. The lowest BCUT2D eigenvalue weighted by molar-refractivity contribution is -0.127. The van der Waals surface area contributed by atoms with Gasteiger partial charge in [-0.25, -0.2) is 0 Å². The third-order valence-electron chi connectivity index (χ3n) is 4.68. The minimum Gasteiger partial charge on any atom is -0.352 e. The van der Waals surface area contributed by atoms with Crippen molar-refractivity contribution in [1.82, 2.24) is 15.5 Å². The highest BCUT2D eigenvalue weighted by Gasteiger charge is 2.27. The molecule has 4 nitrogen and oxygen atoms in total. The number of rotatable bonds is 3. The van der Waals surface area contributed by atoms with Gasteiger partial charge in [-0.3, -0.25) is 9.69 Å². The number of halogens is 2. The van der Waals surface area contributed by atoms with E-state index in [2.05, 4.69) is 29.4 Å². The number of hydrogen-bond donors (Lipinski definition) is 2. The van der Waals surface area contributed by atoms with Crippen LogP contribution in [0.15, 0.2) is 0 Å². The Morgan fingerprint density at radius 1 is 1.19 bits per heavy atom. The zero-order chi connectivity index (χ0) is 13.7. The normalized spacial score (nSPS) is 28.5. The second-order valence-electron chi connectivity index (χ2n) is 6.21. The van der Waals surface area contributed by atoms with Crippen LogP contribution in [0.25, 0.3) is 0 Å². The lowest BCUT2D eigenvalue weighted by atomic mass is 9.95. The van der Waals surface area contributed by atoms with E-state index < -0.39 is 0 Å². The molecule has 2 N–H and O–H groups in total. The molecule has 1 amide bonds. The van der Waals surface area contributed by atoms with Crippen molar-refractivity contribution in [1.29, 1.82) is 0 Å². The van der Waals surface area contributed by atoms with Crippen LogP contribution in [0, 0.1) is 5.92 Å². The molecule has 0 aliphatic carbocycles. The standard InChI is InChI=1S/C15H29N3O.2ClH/c1-12-11-16-8-7-14(12)17-15(19)13(2)18-9-5-3-4-6-10-18;;/h12-14,16H,3-11H2,1-2H3,(H,17,19);2*1H. The minimum atomic E-state index is 0. The number of hydrogen-bond acceptors (Lipinski definition) is 3. The van der Waals surface area contributed by atoms with Gasteiger partial charge in [-0.1, -0.05) is 19.8 Å². The molecule has 2 aliphatic rings. The number of carbonyl (C=O) groups is 1. The highest BCUT2D eigenvalue weighted by Crippen LogP contribution is 2.14. The molecule has 2 saturated heterocycles. The van der Waals surface area contributed by atoms with Crippen molar-refractivity contribution in [2.24, 2.45) is 5.92 Å². The first-order chi connectivity index (χ1) is 9.18. The van der Waals surface area contributed by atoms with Crippen LogP contribution in [0.1, 0.15) is 46.0 Å². The first-order valence-electron chi connectivity index (χ1n) is 7.93. The van der Waals surface area contributed by atoms with Crippen LogP contribution in [0.5, 0.6) is 0 Å². The van der Waals surface area contributed by atoms with Crippen LogP contribution < -0.4 is 10.6 Å². The van der Waals surface area contributed by atoms with Crippen LogP contribution in [0.4, 0.5) is 0 Å². The summed E-state index contributed by atoms with van der Waals surface area (Å²) in [5, 5.41) is 6.64. The van der Waals surface area contributed by atoms with Crippen molar-refractivity contribution in [3.63, 3.8) is 0 Å². The predicted octanol–water partition coefficient (Wildman–Crippen LogP) is 2.21. The molecule has 2 aliphatic heterocycles. The first kappa shape index (κ1) is 21.0. The maximum Gasteiger partial charge on any atom is 0.237 e. The van der Waals surface area contributed by atoms with Gasteiger partial charge < -0.3 is 10.6 Å². The van der Waals surface area contributed by atoms with Crippen molar-refractivity contribution in [2.75, 3.05) is 26.2 Å². The van der Waals surface area contributed by atoms with Gasteiger partial charge in [0.15, 0.2) is 0 Å². The SMILES string of the molecule is CC1CNCCC1NC(=O)C(C)N1CCCCCC1.Cl.Cl. The molecule has 0 radical (unpaired) electrons. The molecule has 0 aromatic carbocycles. The maximum atomic E-state index is 12.4. The second-order valence-corrected chi connectivity index (χ2v) is 6.21. The molecule has 2 rings (SSSR count). The second kappa shape index (κ2) is 10.7. The topological polar surface area (TPSA) is 44.4 Å². The van der Waals surface area contributed by atoms with Gasteiger partial charge in [0.05, 0.1) is 6.04 Å². The van der Waals surface area contributed by atoms with Gasteiger partial charge >= 0.3 is 0 Å². The van der Waals surface area contributed by atoms with E-state index in [1.807, 2.05) is 0 Å². The highest BCUT2D eigenvalue weighted by atomic mass is 35.5. The van der Waals surface area contributed by atoms with Crippen molar-refractivity contribution >= 4 is 30.7 Å². The van der Waals surface area contributed by atoms with Crippen LogP contribution in [-0.2, 0) is 4.79 Å². The fourth-order valence-corrected chi connectivity index (χ4v) is 3.18. The molecule has 0 bridgehead atoms. The number of amides is 1. The fourth-order valence-electron chi connectivity index (χ4n) is 3.18. The quantitative estimate of drug-likeness (QED) is 0.828. The van der Waals surface area contributed by atoms with E-state index in [0.29, 0.717) is 12.0 Å². The lowest BCUT2D eigenvalue weighted by Gasteiger charge is -2.33. The van der Waals surface area contributed by atoms with Crippen LogP contribution in [0.2, 0.25) is 0 Å². The average molecular weight is 340 g/mol. The summed E-state index contributed by atoms with van der Waals surface area (Å²) in [6, 6.07) is 0.378. The summed E-state index contributed by atoms with van der Waals surface area (Å²) < 4.78 is 0. The van der Waals surface area contributed by atoms with E-state index in [4.69, 9.17) is 0 Å². The van der Waals surface area contributed by atoms with Gasteiger partial charge in [0.1, 0.15) is 0 Å². The van der Waals surface area contributed by atoms with Gasteiger partial charge in [-0.2, -0.15) is 0 Å². The van der Waals surface area contributed by atoms with Crippen molar-refractivity contribution in [3.05, 3.63) is 0 Å². The molecule has 0 aromatic heterocycles. The Labute approximate surface area is 141 Å². The summed E-state index contributed by atoms with van der Waals surface area (Å²) in [7, 11) is 0. The van der Waals surface area contributed by atoms with Crippen molar-refractivity contribution in [2.45, 2.75) is 58.0 Å². The molecule has 3 atom stereocenters. The summed E-state index contributed by atoms with van der Waals surface area (Å²) in [6.07, 6.45) is 6.16. The summed E-state index contributed by atoms with van der Waals surface area (Å²) in [5.41, 5.74) is 0. The summed E-state index contributed by atoms with van der Waals surface area (Å²) in [5.74, 6) is 0.759. The lowest BCUT2D eigenvalue weighted by Crippen LogP contribution is -2.53.